The number of carbonyl (C=O) groups is 1. The van der Waals surface area contributed by atoms with Crippen LogP contribution in [0.4, 0.5) is 4.79 Å². The molecule has 2 aliphatic carbocycles. The second-order valence-corrected chi connectivity index (χ2v) is 8.57. The van der Waals surface area contributed by atoms with E-state index in [9.17, 15) is 4.79 Å². The van der Waals surface area contributed by atoms with Crippen molar-refractivity contribution in [1.82, 2.24) is 10.6 Å². The van der Waals surface area contributed by atoms with Gasteiger partial charge in [0.05, 0.1) is 0 Å². The molecule has 0 aliphatic heterocycles. The van der Waals surface area contributed by atoms with Crippen molar-refractivity contribution >= 4 is 6.09 Å². The molecule has 4 unspecified atom stereocenters. The molecule has 0 bridgehead atoms. The van der Waals surface area contributed by atoms with Crippen LogP contribution in [-0.4, -0.2) is 29.8 Å². The van der Waals surface area contributed by atoms with Gasteiger partial charge in [-0.1, -0.05) is 13.8 Å². The van der Waals surface area contributed by atoms with E-state index < -0.39 is 5.60 Å². The highest BCUT2D eigenvalue weighted by molar-refractivity contribution is 5.68. The summed E-state index contributed by atoms with van der Waals surface area (Å²) in [5.41, 5.74) is -0.431. The van der Waals surface area contributed by atoms with E-state index in [1.807, 2.05) is 20.8 Å². The molecule has 2 rings (SSSR count). The van der Waals surface area contributed by atoms with Crippen molar-refractivity contribution in [3.05, 3.63) is 0 Å². The highest BCUT2D eigenvalue weighted by Crippen LogP contribution is 2.30. The van der Waals surface area contributed by atoms with Crippen LogP contribution < -0.4 is 10.6 Å². The maximum atomic E-state index is 12.0. The summed E-state index contributed by atoms with van der Waals surface area (Å²) >= 11 is 0. The summed E-state index contributed by atoms with van der Waals surface area (Å²) in [4.78, 5) is 12.0. The van der Waals surface area contributed by atoms with Crippen LogP contribution in [0.25, 0.3) is 0 Å². The smallest absolute Gasteiger partial charge is 0.407 e. The fourth-order valence-electron chi connectivity index (χ4n) is 4.18. The van der Waals surface area contributed by atoms with Crippen molar-refractivity contribution in [3.8, 4) is 0 Å². The lowest BCUT2D eigenvalue weighted by Crippen LogP contribution is -2.52. The van der Waals surface area contributed by atoms with Crippen molar-refractivity contribution in [3.63, 3.8) is 0 Å². The molecule has 4 heteroatoms. The highest BCUT2D eigenvalue weighted by atomic mass is 16.6. The third-order valence-electron chi connectivity index (χ3n) is 4.85. The number of hydrogen-bond donors (Lipinski definition) is 2. The number of rotatable bonds is 3. The third-order valence-corrected chi connectivity index (χ3v) is 4.85. The number of ether oxygens (including phenoxy) is 1. The molecule has 0 aromatic carbocycles. The number of carbonyl (C=O) groups excluding carboxylic acids is 1. The normalized spacial score (nSPS) is 36.1. The van der Waals surface area contributed by atoms with Crippen molar-refractivity contribution in [2.75, 3.05) is 0 Å². The topological polar surface area (TPSA) is 50.4 Å². The number of amides is 1. The Hall–Kier alpha value is -0.770. The van der Waals surface area contributed by atoms with E-state index in [1.165, 1.54) is 25.7 Å². The Morgan fingerprint density at radius 2 is 1.59 bits per heavy atom. The zero-order valence-corrected chi connectivity index (χ0v) is 14.9. The van der Waals surface area contributed by atoms with Gasteiger partial charge in [0.25, 0.3) is 0 Å². The van der Waals surface area contributed by atoms with Crippen LogP contribution in [0.5, 0.6) is 0 Å². The number of hydrogen-bond acceptors (Lipinski definition) is 3. The largest absolute Gasteiger partial charge is 0.444 e. The van der Waals surface area contributed by atoms with Gasteiger partial charge >= 0.3 is 6.09 Å². The monoisotopic (exact) mass is 310 g/mol. The lowest BCUT2D eigenvalue weighted by Gasteiger charge is -2.35. The van der Waals surface area contributed by atoms with Gasteiger partial charge in [-0.3, -0.25) is 0 Å². The summed E-state index contributed by atoms with van der Waals surface area (Å²) in [6.45, 7) is 10.4. The Morgan fingerprint density at radius 1 is 1.00 bits per heavy atom. The lowest BCUT2D eigenvalue weighted by atomic mass is 9.80. The van der Waals surface area contributed by atoms with Crippen LogP contribution in [0.2, 0.25) is 0 Å². The van der Waals surface area contributed by atoms with Crippen LogP contribution in [0, 0.1) is 11.8 Å². The van der Waals surface area contributed by atoms with Crippen LogP contribution in [-0.2, 0) is 4.74 Å². The molecule has 0 radical (unpaired) electrons. The van der Waals surface area contributed by atoms with Crippen LogP contribution in [0.1, 0.15) is 73.1 Å². The van der Waals surface area contributed by atoms with Crippen molar-refractivity contribution in [2.45, 2.75) is 96.9 Å². The predicted octanol–water partition coefficient (Wildman–Crippen LogP) is 3.85. The molecule has 0 saturated heterocycles. The molecule has 0 heterocycles. The molecule has 128 valence electrons. The second-order valence-electron chi connectivity index (χ2n) is 8.57. The summed E-state index contributed by atoms with van der Waals surface area (Å²) in [6, 6.07) is 1.21. The van der Waals surface area contributed by atoms with Gasteiger partial charge in [0.1, 0.15) is 5.60 Å². The maximum absolute atomic E-state index is 12.0. The summed E-state index contributed by atoms with van der Waals surface area (Å²) in [5.74, 6) is 1.61. The first-order valence-corrected chi connectivity index (χ1v) is 8.98. The SMILES string of the molecule is CC1CC(C)CC(NC2CCCC2NC(=O)OC(C)(C)C)C1. The summed E-state index contributed by atoms with van der Waals surface area (Å²) < 4.78 is 5.39. The number of nitrogens with one attached hydrogen (secondary N) is 2. The summed E-state index contributed by atoms with van der Waals surface area (Å²) in [7, 11) is 0. The first-order valence-electron chi connectivity index (χ1n) is 8.98. The highest BCUT2D eigenvalue weighted by Gasteiger charge is 2.33. The number of alkyl carbamates (subject to hydrolysis) is 1. The van der Waals surface area contributed by atoms with Gasteiger partial charge < -0.3 is 15.4 Å². The zero-order chi connectivity index (χ0) is 16.3. The average molecular weight is 310 g/mol. The van der Waals surface area contributed by atoms with Crippen molar-refractivity contribution < 1.29 is 9.53 Å². The Bertz CT molecular complexity index is 368. The van der Waals surface area contributed by atoms with Crippen LogP contribution >= 0.6 is 0 Å². The minimum absolute atomic E-state index is 0.211. The first kappa shape index (κ1) is 17.6. The molecule has 4 atom stereocenters. The summed E-state index contributed by atoms with van der Waals surface area (Å²) in [6.07, 6.45) is 6.98. The van der Waals surface area contributed by atoms with Crippen LogP contribution in [0.15, 0.2) is 0 Å². The fraction of sp³-hybridized carbons (Fsp3) is 0.944. The molecule has 22 heavy (non-hydrogen) atoms. The van der Waals surface area contributed by atoms with E-state index in [4.69, 9.17) is 4.74 Å². The standard InChI is InChI=1S/C18H34N2O2/c1-12-9-13(2)11-14(10-12)19-15-7-6-8-16(15)20-17(21)22-18(3,4)5/h12-16,19H,6-11H2,1-5H3,(H,20,21). The Balaban J connectivity index is 1.84. The van der Waals surface area contributed by atoms with E-state index in [2.05, 4.69) is 24.5 Å². The molecule has 0 aromatic heterocycles. The summed E-state index contributed by atoms with van der Waals surface area (Å²) in [5, 5.41) is 6.90. The Kier molecular flexibility index (Phi) is 5.76. The van der Waals surface area contributed by atoms with Gasteiger partial charge in [-0.05, 0) is 71.1 Å². The second kappa shape index (κ2) is 7.20. The van der Waals surface area contributed by atoms with Gasteiger partial charge in [0, 0.05) is 18.1 Å². The van der Waals surface area contributed by atoms with Gasteiger partial charge in [0.2, 0.25) is 0 Å². The van der Waals surface area contributed by atoms with Crippen molar-refractivity contribution in [2.24, 2.45) is 11.8 Å². The maximum Gasteiger partial charge on any atom is 0.407 e. The zero-order valence-electron chi connectivity index (χ0n) is 14.9. The van der Waals surface area contributed by atoms with E-state index in [-0.39, 0.29) is 12.1 Å². The van der Waals surface area contributed by atoms with Gasteiger partial charge in [-0.15, -0.1) is 0 Å². The van der Waals surface area contributed by atoms with Gasteiger partial charge in [-0.25, -0.2) is 4.79 Å². The molecule has 2 aliphatic rings. The van der Waals surface area contributed by atoms with E-state index in [1.54, 1.807) is 0 Å². The van der Waals surface area contributed by atoms with Crippen LogP contribution in [0.3, 0.4) is 0 Å². The predicted molar refractivity (Wildman–Crippen MR) is 89.9 cm³/mol. The molecular weight excluding hydrogens is 276 g/mol. The molecule has 2 saturated carbocycles. The van der Waals surface area contributed by atoms with Gasteiger partial charge in [0.15, 0.2) is 0 Å². The quantitative estimate of drug-likeness (QED) is 0.832. The molecule has 1 amide bonds. The minimum Gasteiger partial charge on any atom is -0.444 e. The minimum atomic E-state index is -0.431. The van der Waals surface area contributed by atoms with Crippen molar-refractivity contribution in [1.29, 1.82) is 0 Å². The van der Waals surface area contributed by atoms with E-state index in [0.29, 0.717) is 12.1 Å². The Labute approximate surface area is 135 Å². The fourth-order valence-corrected chi connectivity index (χ4v) is 4.18. The molecular formula is C18H34N2O2. The Morgan fingerprint density at radius 3 is 2.18 bits per heavy atom. The average Bonchev–Trinajstić information content (AvgIpc) is 2.72. The molecule has 0 aromatic rings. The molecule has 2 fully saturated rings. The first-order chi connectivity index (χ1) is 10.2. The van der Waals surface area contributed by atoms with Gasteiger partial charge in [-0.2, -0.15) is 0 Å². The third kappa shape index (κ3) is 5.45. The molecule has 2 N–H and O–H groups in total. The molecule has 4 nitrogen and oxygen atoms in total. The van der Waals surface area contributed by atoms with E-state index in [0.717, 1.165) is 24.7 Å². The van der Waals surface area contributed by atoms with E-state index >= 15 is 0 Å². The lowest BCUT2D eigenvalue weighted by molar-refractivity contribution is 0.0495. The molecule has 0 spiro atoms.